The third-order valence-corrected chi connectivity index (χ3v) is 6.06. The Morgan fingerprint density at radius 1 is 1.29 bits per heavy atom. The summed E-state index contributed by atoms with van der Waals surface area (Å²) in [4.78, 5) is 15.3. The molecule has 2 unspecified atom stereocenters. The van der Waals surface area contributed by atoms with E-state index in [1.54, 1.807) is 11.6 Å². The van der Waals surface area contributed by atoms with Crippen molar-refractivity contribution < 1.29 is 4.92 Å². The largest absolute Gasteiger partial charge is 0.396 e. The van der Waals surface area contributed by atoms with Crippen molar-refractivity contribution in [2.75, 3.05) is 45.5 Å². The molecule has 28 heavy (non-hydrogen) atoms. The van der Waals surface area contributed by atoms with Crippen LogP contribution in [0.25, 0.3) is 0 Å². The van der Waals surface area contributed by atoms with E-state index in [4.69, 9.17) is 10.8 Å². The van der Waals surface area contributed by atoms with E-state index < -0.39 is 0 Å². The van der Waals surface area contributed by atoms with Crippen molar-refractivity contribution in [2.24, 2.45) is 0 Å². The molecule has 10 heteroatoms. The molecule has 0 aromatic carbocycles. The molecule has 4 rings (SSSR count). The van der Waals surface area contributed by atoms with Crippen LogP contribution in [0.4, 0.5) is 11.4 Å². The average molecular weight is 388 g/mol. The summed E-state index contributed by atoms with van der Waals surface area (Å²) in [6.45, 7) is 6.55. The number of aromatic nitrogens is 4. The first-order valence-corrected chi connectivity index (χ1v) is 9.85. The zero-order chi connectivity index (χ0) is 19.8. The van der Waals surface area contributed by atoms with Crippen LogP contribution in [-0.4, -0.2) is 74.1 Å². The van der Waals surface area contributed by atoms with Crippen molar-refractivity contribution in [1.29, 1.82) is 0 Å². The zero-order valence-corrected chi connectivity index (χ0v) is 16.5. The minimum atomic E-state index is -0.368. The molecule has 0 saturated carbocycles. The van der Waals surface area contributed by atoms with Crippen LogP contribution in [0.5, 0.6) is 0 Å². The molecule has 2 N–H and O–H groups in total. The number of hydrogen-bond donors (Lipinski definition) is 1. The van der Waals surface area contributed by atoms with E-state index in [0.29, 0.717) is 11.7 Å². The fourth-order valence-corrected chi connectivity index (χ4v) is 4.39. The molecule has 2 saturated heterocycles. The van der Waals surface area contributed by atoms with Crippen molar-refractivity contribution >= 4 is 11.4 Å². The quantitative estimate of drug-likeness (QED) is 0.585. The van der Waals surface area contributed by atoms with E-state index in [9.17, 15) is 10.1 Å². The number of likely N-dealkylation sites (tertiary alicyclic amines) is 2. The first-order chi connectivity index (χ1) is 13.4. The van der Waals surface area contributed by atoms with E-state index in [2.05, 4.69) is 21.9 Å². The van der Waals surface area contributed by atoms with Crippen LogP contribution in [0.1, 0.15) is 36.3 Å². The number of nitrogen functional groups attached to an aromatic ring is 1. The highest BCUT2D eigenvalue weighted by atomic mass is 16.6. The fourth-order valence-electron chi connectivity index (χ4n) is 4.39. The van der Waals surface area contributed by atoms with Crippen LogP contribution in [0, 0.1) is 17.0 Å². The SMILES string of the molecule is Cc1c([N+](=O)[O-])cnn1C1CCN(CCc2nn(C3CCN(C)C3)cc2N)C1. The predicted octanol–water partition coefficient (Wildman–Crippen LogP) is 1.24. The number of hydrogen-bond acceptors (Lipinski definition) is 7. The van der Waals surface area contributed by atoms with Gasteiger partial charge in [0, 0.05) is 38.8 Å². The van der Waals surface area contributed by atoms with Crippen LogP contribution in [0.15, 0.2) is 12.4 Å². The van der Waals surface area contributed by atoms with Gasteiger partial charge in [0.15, 0.2) is 0 Å². The van der Waals surface area contributed by atoms with Gasteiger partial charge in [-0.05, 0) is 33.4 Å². The fraction of sp³-hybridized carbons (Fsp3) is 0.667. The first-order valence-electron chi connectivity index (χ1n) is 9.85. The van der Waals surface area contributed by atoms with Gasteiger partial charge in [0.2, 0.25) is 0 Å². The van der Waals surface area contributed by atoms with Crippen molar-refractivity contribution in [2.45, 2.75) is 38.3 Å². The lowest BCUT2D eigenvalue weighted by atomic mass is 10.2. The second-order valence-electron chi connectivity index (χ2n) is 8.03. The second kappa shape index (κ2) is 7.51. The maximum Gasteiger partial charge on any atom is 0.309 e. The van der Waals surface area contributed by atoms with Gasteiger partial charge in [-0.15, -0.1) is 0 Å². The normalized spacial score (nSPS) is 23.6. The van der Waals surface area contributed by atoms with E-state index in [-0.39, 0.29) is 16.7 Å². The molecule has 0 bridgehead atoms. The van der Waals surface area contributed by atoms with Crippen LogP contribution < -0.4 is 5.73 Å². The third kappa shape index (κ3) is 3.61. The standard InChI is InChI=1S/C18H28N8O2/c1-13-18(26(27)28)9-20-25(13)15-4-7-23(11-15)8-5-17-16(19)12-24(21-17)14-3-6-22(2)10-14/h9,12,14-15H,3-8,10-11,19H2,1-2H3. The maximum absolute atomic E-state index is 11.0. The van der Waals surface area contributed by atoms with Gasteiger partial charge >= 0.3 is 5.69 Å². The Balaban J connectivity index is 1.34. The molecule has 2 fully saturated rings. The molecule has 2 atom stereocenters. The molecular weight excluding hydrogens is 360 g/mol. The first kappa shape index (κ1) is 18.9. The summed E-state index contributed by atoms with van der Waals surface area (Å²) in [5.41, 5.74) is 8.65. The molecule has 0 aliphatic carbocycles. The molecule has 2 aromatic heterocycles. The van der Waals surface area contributed by atoms with Gasteiger partial charge in [-0.1, -0.05) is 0 Å². The van der Waals surface area contributed by atoms with Crippen molar-refractivity contribution in [3.05, 3.63) is 33.9 Å². The van der Waals surface area contributed by atoms with E-state index in [1.165, 1.54) is 6.20 Å². The lowest BCUT2D eigenvalue weighted by Gasteiger charge is -2.16. The molecule has 2 aliphatic rings. The minimum Gasteiger partial charge on any atom is -0.396 e. The molecule has 2 aliphatic heterocycles. The average Bonchev–Trinajstić information content (AvgIpc) is 3.40. The Labute approximate surface area is 164 Å². The summed E-state index contributed by atoms with van der Waals surface area (Å²) in [5, 5.41) is 20.0. The molecule has 0 spiro atoms. The Morgan fingerprint density at radius 2 is 2.07 bits per heavy atom. The smallest absolute Gasteiger partial charge is 0.309 e. The summed E-state index contributed by atoms with van der Waals surface area (Å²) in [6.07, 6.45) is 6.19. The summed E-state index contributed by atoms with van der Waals surface area (Å²) in [6, 6.07) is 0.591. The summed E-state index contributed by atoms with van der Waals surface area (Å²) >= 11 is 0. The van der Waals surface area contributed by atoms with E-state index in [1.807, 2.05) is 10.9 Å². The van der Waals surface area contributed by atoms with Crippen LogP contribution in [0.2, 0.25) is 0 Å². The number of rotatable bonds is 6. The van der Waals surface area contributed by atoms with Gasteiger partial charge in [0.05, 0.1) is 28.4 Å². The van der Waals surface area contributed by atoms with Crippen molar-refractivity contribution in [3.8, 4) is 0 Å². The zero-order valence-electron chi connectivity index (χ0n) is 16.5. The Bertz CT molecular complexity index is 860. The Hall–Kier alpha value is -2.46. The summed E-state index contributed by atoms with van der Waals surface area (Å²) in [7, 11) is 2.13. The number of likely N-dealkylation sites (N-methyl/N-ethyl adjacent to an activating group) is 1. The van der Waals surface area contributed by atoms with Gasteiger partial charge in [-0.2, -0.15) is 10.2 Å². The van der Waals surface area contributed by atoms with E-state index >= 15 is 0 Å². The lowest BCUT2D eigenvalue weighted by Crippen LogP contribution is -2.25. The lowest BCUT2D eigenvalue weighted by molar-refractivity contribution is -0.385. The number of nitro groups is 1. The van der Waals surface area contributed by atoms with Gasteiger partial charge in [-0.25, -0.2) is 0 Å². The number of nitrogens with two attached hydrogens (primary N) is 1. The molecule has 0 radical (unpaired) electrons. The topological polar surface area (TPSA) is 111 Å². The van der Waals surface area contributed by atoms with E-state index in [0.717, 1.165) is 63.4 Å². The van der Waals surface area contributed by atoms with Crippen LogP contribution in [0.3, 0.4) is 0 Å². The predicted molar refractivity (Wildman–Crippen MR) is 105 cm³/mol. The van der Waals surface area contributed by atoms with Gasteiger partial charge in [-0.3, -0.25) is 19.5 Å². The van der Waals surface area contributed by atoms with Gasteiger partial charge < -0.3 is 15.5 Å². The summed E-state index contributed by atoms with van der Waals surface area (Å²) in [5.74, 6) is 0. The monoisotopic (exact) mass is 388 g/mol. The van der Waals surface area contributed by atoms with Crippen molar-refractivity contribution in [1.82, 2.24) is 29.4 Å². The summed E-state index contributed by atoms with van der Waals surface area (Å²) < 4.78 is 3.84. The highest BCUT2D eigenvalue weighted by Crippen LogP contribution is 2.27. The third-order valence-electron chi connectivity index (χ3n) is 6.06. The molecule has 10 nitrogen and oxygen atoms in total. The molecule has 2 aromatic rings. The minimum absolute atomic E-state index is 0.0920. The second-order valence-corrected chi connectivity index (χ2v) is 8.03. The highest BCUT2D eigenvalue weighted by molar-refractivity contribution is 5.41. The van der Waals surface area contributed by atoms with Gasteiger partial charge in [0.1, 0.15) is 11.9 Å². The Morgan fingerprint density at radius 3 is 2.75 bits per heavy atom. The molecule has 152 valence electrons. The highest BCUT2D eigenvalue weighted by Gasteiger charge is 2.29. The number of anilines is 1. The van der Waals surface area contributed by atoms with Crippen molar-refractivity contribution in [3.63, 3.8) is 0 Å². The molecule has 0 amide bonds. The maximum atomic E-state index is 11.0. The van der Waals surface area contributed by atoms with Crippen LogP contribution in [-0.2, 0) is 6.42 Å². The Kier molecular flexibility index (Phi) is 5.07. The van der Waals surface area contributed by atoms with Crippen LogP contribution >= 0.6 is 0 Å². The molecule has 4 heterocycles. The molecular formula is C18H28N8O2. The van der Waals surface area contributed by atoms with Gasteiger partial charge in [0.25, 0.3) is 0 Å². The number of nitrogens with zero attached hydrogens (tertiary/aromatic N) is 7.